The van der Waals surface area contributed by atoms with Gasteiger partial charge in [-0.3, -0.25) is 9.59 Å². The predicted molar refractivity (Wildman–Crippen MR) is 87.0 cm³/mol. The molecule has 5 nitrogen and oxygen atoms in total. The third kappa shape index (κ3) is 4.62. The van der Waals surface area contributed by atoms with Gasteiger partial charge in [-0.1, -0.05) is 35.9 Å². The fourth-order valence-corrected chi connectivity index (χ4v) is 1.87. The molecular formula is C16H13ClFN3O2. The van der Waals surface area contributed by atoms with Gasteiger partial charge in [-0.05, 0) is 30.7 Å². The van der Waals surface area contributed by atoms with Crippen molar-refractivity contribution in [2.24, 2.45) is 5.10 Å². The van der Waals surface area contributed by atoms with Gasteiger partial charge in [0.2, 0.25) is 0 Å². The third-order valence-electron chi connectivity index (χ3n) is 2.93. The minimum atomic E-state index is -0.975. The van der Waals surface area contributed by atoms with Crippen LogP contribution in [0.3, 0.4) is 0 Å². The molecule has 0 aliphatic carbocycles. The van der Waals surface area contributed by atoms with E-state index in [9.17, 15) is 14.0 Å². The van der Waals surface area contributed by atoms with Crippen molar-refractivity contribution in [1.29, 1.82) is 0 Å². The van der Waals surface area contributed by atoms with Gasteiger partial charge >= 0.3 is 11.8 Å². The van der Waals surface area contributed by atoms with Crippen LogP contribution in [0.1, 0.15) is 11.1 Å². The van der Waals surface area contributed by atoms with Gasteiger partial charge in [0.1, 0.15) is 5.82 Å². The highest BCUT2D eigenvalue weighted by molar-refractivity contribution is 6.40. The van der Waals surface area contributed by atoms with Gasteiger partial charge in [-0.25, -0.2) is 9.82 Å². The lowest BCUT2D eigenvalue weighted by atomic mass is 10.2. The van der Waals surface area contributed by atoms with Crippen LogP contribution in [0.25, 0.3) is 0 Å². The lowest BCUT2D eigenvalue weighted by molar-refractivity contribution is -0.136. The Bertz CT molecular complexity index is 778. The Hall–Kier alpha value is -2.73. The summed E-state index contributed by atoms with van der Waals surface area (Å²) in [5.41, 5.74) is 3.41. The van der Waals surface area contributed by atoms with Gasteiger partial charge in [-0.15, -0.1) is 0 Å². The minimum Gasteiger partial charge on any atom is -0.317 e. The molecule has 0 aliphatic heterocycles. The van der Waals surface area contributed by atoms with Crippen LogP contribution in [0.15, 0.2) is 47.6 Å². The molecule has 0 saturated heterocycles. The molecule has 7 heteroatoms. The topological polar surface area (TPSA) is 70.6 Å². The van der Waals surface area contributed by atoms with E-state index in [2.05, 4.69) is 10.4 Å². The second-order valence-corrected chi connectivity index (χ2v) is 5.07. The van der Waals surface area contributed by atoms with E-state index in [4.69, 9.17) is 11.6 Å². The quantitative estimate of drug-likeness (QED) is 0.515. The predicted octanol–water partition coefficient (Wildman–Crippen LogP) is 2.88. The molecule has 2 N–H and O–H groups in total. The normalized spacial score (nSPS) is 10.6. The first-order valence-electron chi connectivity index (χ1n) is 6.62. The van der Waals surface area contributed by atoms with Crippen LogP contribution in [-0.4, -0.2) is 18.0 Å². The molecule has 23 heavy (non-hydrogen) atoms. The first-order valence-corrected chi connectivity index (χ1v) is 7.00. The summed E-state index contributed by atoms with van der Waals surface area (Å²) in [6.45, 7) is 1.76. The fraction of sp³-hybridized carbons (Fsp3) is 0.0625. The van der Waals surface area contributed by atoms with E-state index >= 15 is 0 Å². The fourth-order valence-electron chi connectivity index (χ4n) is 1.70. The number of hydrogen-bond donors (Lipinski definition) is 2. The summed E-state index contributed by atoms with van der Waals surface area (Å²) in [5.74, 6) is -2.36. The van der Waals surface area contributed by atoms with Gasteiger partial charge in [0.25, 0.3) is 0 Å². The van der Waals surface area contributed by atoms with Crippen molar-refractivity contribution in [3.8, 4) is 0 Å². The molecule has 0 unspecified atom stereocenters. The van der Waals surface area contributed by atoms with Crippen LogP contribution in [-0.2, 0) is 9.59 Å². The Kier molecular flexibility index (Phi) is 5.43. The second kappa shape index (κ2) is 7.51. The molecular weight excluding hydrogens is 321 g/mol. The van der Waals surface area contributed by atoms with Crippen molar-refractivity contribution in [1.82, 2.24) is 5.43 Å². The number of amides is 2. The van der Waals surface area contributed by atoms with Gasteiger partial charge in [0.05, 0.1) is 6.21 Å². The van der Waals surface area contributed by atoms with Crippen LogP contribution < -0.4 is 10.7 Å². The highest BCUT2D eigenvalue weighted by Gasteiger charge is 2.14. The van der Waals surface area contributed by atoms with Crippen molar-refractivity contribution in [2.75, 3.05) is 5.32 Å². The number of anilines is 1. The highest BCUT2D eigenvalue weighted by atomic mass is 35.5. The number of carbonyl (C=O) groups excluding carboxylic acids is 2. The minimum absolute atomic E-state index is 0.193. The standard InChI is InChI=1S/C16H13ClFN3O2/c1-10-6-7-12(17)8-14(10)20-15(22)16(23)21-19-9-11-4-2-3-5-13(11)18/h2-9H,1H3,(H,20,22)(H,21,23)/b19-9+. The van der Waals surface area contributed by atoms with Crippen LogP contribution in [0.2, 0.25) is 5.02 Å². The number of benzene rings is 2. The van der Waals surface area contributed by atoms with Crippen molar-refractivity contribution in [3.63, 3.8) is 0 Å². The number of carbonyl (C=O) groups is 2. The SMILES string of the molecule is Cc1ccc(Cl)cc1NC(=O)C(=O)N/N=C/c1ccccc1F. The third-order valence-corrected chi connectivity index (χ3v) is 3.16. The Labute approximate surface area is 137 Å². The molecule has 0 bridgehead atoms. The maximum Gasteiger partial charge on any atom is 0.329 e. The maximum absolute atomic E-state index is 13.3. The molecule has 0 atom stereocenters. The lowest BCUT2D eigenvalue weighted by Gasteiger charge is -2.07. The van der Waals surface area contributed by atoms with Gasteiger partial charge in [0, 0.05) is 16.3 Å². The molecule has 0 radical (unpaired) electrons. The summed E-state index contributed by atoms with van der Waals surface area (Å²) in [5, 5.41) is 6.42. The summed E-state index contributed by atoms with van der Waals surface area (Å²) in [6, 6.07) is 10.8. The van der Waals surface area contributed by atoms with Crippen LogP contribution in [0, 0.1) is 12.7 Å². The first kappa shape index (κ1) is 16.6. The number of nitrogens with one attached hydrogen (secondary N) is 2. The van der Waals surface area contributed by atoms with E-state index < -0.39 is 17.6 Å². The highest BCUT2D eigenvalue weighted by Crippen LogP contribution is 2.19. The smallest absolute Gasteiger partial charge is 0.317 e. The van der Waals surface area contributed by atoms with E-state index in [1.54, 1.807) is 25.1 Å². The lowest BCUT2D eigenvalue weighted by Crippen LogP contribution is -2.32. The Balaban J connectivity index is 1.97. The van der Waals surface area contributed by atoms with Crippen molar-refractivity contribution >= 4 is 35.3 Å². The zero-order valence-electron chi connectivity index (χ0n) is 12.1. The Morgan fingerprint density at radius 1 is 1.17 bits per heavy atom. The molecule has 0 aromatic heterocycles. The van der Waals surface area contributed by atoms with E-state index in [1.165, 1.54) is 24.3 Å². The van der Waals surface area contributed by atoms with Crippen molar-refractivity contribution < 1.29 is 14.0 Å². The summed E-state index contributed by atoms with van der Waals surface area (Å²) in [7, 11) is 0. The average Bonchev–Trinajstić information content (AvgIpc) is 2.52. The summed E-state index contributed by atoms with van der Waals surface area (Å²) >= 11 is 5.84. The van der Waals surface area contributed by atoms with Crippen molar-refractivity contribution in [2.45, 2.75) is 6.92 Å². The molecule has 0 aliphatic rings. The van der Waals surface area contributed by atoms with E-state index in [-0.39, 0.29) is 5.56 Å². The molecule has 0 fully saturated rings. The molecule has 2 rings (SSSR count). The number of hydrazone groups is 1. The summed E-state index contributed by atoms with van der Waals surface area (Å²) in [6.07, 6.45) is 1.12. The molecule has 0 saturated carbocycles. The Morgan fingerprint density at radius 2 is 1.91 bits per heavy atom. The van der Waals surface area contributed by atoms with E-state index in [1.807, 2.05) is 5.43 Å². The van der Waals surface area contributed by atoms with Gasteiger partial charge in [0.15, 0.2) is 0 Å². The van der Waals surface area contributed by atoms with Crippen molar-refractivity contribution in [3.05, 3.63) is 64.4 Å². The molecule has 2 aromatic rings. The van der Waals surface area contributed by atoms with Gasteiger partial charge < -0.3 is 5.32 Å². The first-order chi connectivity index (χ1) is 11.0. The van der Waals surface area contributed by atoms with Crippen LogP contribution in [0.5, 0.6) is 0 Å². The van der Waals surface area contributed by atoms with Gasteiger partial charge in [-0.2, -0.15) is 5.10 Å². The molecule has 118 valence electrons. The van der Waals surface area contributed by atoms with Crippen LogP contribution in [0.4, 0.5) is 10.1 Å². The zero-order valence-corrected chi connectivity index (χ0v) is 12.9. The molecule has 2 aromatic carbocycles. The number of rotatable bonds is 3. The number of hydrogen-bond acceptors (Lipinski definition) is 3. The summed E-state index contributed by atoms with van der Waals surface area (Å²) < 4.78 is 13.3. The number of halogens is 2. The number of aryl methyl sites for hydroxylation is 1. The van der Waals surface area contributed by atoms with Crippen LogP contribution >= 0.6 is 11.6 Å². The zero-order chi connectivity index (χ0) is 16.8. The average molecular weight is 334 g/mol. The van der Waals surface area contributed by atoms with E-state index in [0.717, 1.165) is 11.8 Å². The molecule has 0 heterocycles. The Morgan fingerprint density at radius 3 is 2.65 bits per heavy atom. The monoisotopic (exact) mass is 333 g/mol. The molecule has 2 amide bonds. The molecule has 0 spiro atoms. The largest absolute Gasteiger partial charge is 0.329 e. The maximum atomic E-state index is 13.3. The van der Waals surface area contributed by atoms with E-state index in [0.29, 0.717) is 10.7 Å². The second-order valence-electron chi connectivity index (χ2n) is 4.63. The summed E-state index contributed by atoms with van der Waals surface area (Å²) in [4.78, 5) is 23.4. The number of nitrogens with zero attached hydrogens (tertiary/aromatic N) is 1.